The minimum absolute atomic E-state index is 0. The average molecular weight is 388 g/mol. The molecule has 0 bridgehead atoms. The van der Waals surface area contributed by atoms with Gasteiger partial charge in [0.05, 0.1) is 12.6 Å². The van der Waals surface area contributed by atoms with E-state index in [0.717, 1.165) is 48.0 Å². The second-order valence-corrected chi connectivity index (χ2v) is 7.51. The highest BCUT2D eigenvalue weighted by molar-refractivity contribution is 7.14. The van der Waals surface area contributed by atoms with E-state index in [9.17, 15) is 4.79 Å². The molecule has 0 radical (unpaired) electrons. The zero-order chi connectivity index (χ0) is 18.5. The van der Waals surface area contributed by atoms with Gasteiger partial charge in [0.25, 0.3) is 5.91 Å². The van der Waals surface area contributed by atoms with Crippen molar-refractivity contribution in [3.8, 4) is 10.6 Å². The number of nitrogens with zero attached hydrogens (tertiary/aromatic N) is 3. The van der Waals surface area contributed by atoms with Crippen molar-refractivity contribution in [1.82, 2.24) is 31.5 Å². The van der Waals surface area contributed by atoms with E-state index in [1.165, 1.54) is 11.3 Å². The number of benzene rings is 1. The summed E-state index contributed by atoms with van der Waals surface area (Å²) < 4.78 is 5.62. The van der Waals surface area contributed by atoms with E-state index in [4.69, 9.17) is 4.74 Å². The molecular weight excluding hydrogens is 364 g/mol. The zero-order valence-electron chi connectivity index (χ0n) is 14.9. The van der Waals surface area contributed by atoms with Crippen LogP contribution < -0.4 is 16.3 Å². The van der Waals surface area contributed by atoms with Gasteiger partial charge in [-0.05, 0) is 19.3 Å². The van der Waals surface area contributed by atoms with Gasteiger partial charge in [-0.3, -0.25) is 15.2 Å². The quantitative estimate of drug-likeness (QED) is 0.666. The normalized spacial score (nSPS) is 19.0. The smallest absolute Gasteiger partial charge is 0.270 e. The van der Waals surface area contributed by atoms with Crippen LogP contribution in [-0.4, -0.2) is 40.4 Å². The predicted molar refractivity (Wildman–Crippen MR) is 104 cm³/mol. The zero-order valence-corrected chi connectivity index (χ0v) is 15.7. The summed E-state index contributed by atoms with van der Waals surface area (Å²) in [5, 5.41) is 14.7. The lowest BCUT2D eigenvalue weighted by Gasteiger charge is -2.17. The molecule has 0 saturated carbocycles. The van der Waals surface area contributed by atoms with Gasteiger partial charge in [-0.1, -0.05) is 41.7 Å². The molecule has 9 heteroatoms. The fraction of sp³-hybridized carbons (Fsp3) is 0.389. The van der Waals surface area contributed by atoms with Crippen LogP contribution in [0.5, 0.6) is 0 Å². The number of carbonyl (C=O) groups is 1. The lowest BCUT2D eigenvalue weighted by Crippen LogP contribution is -2.40. The van der Waals surface area contributed by atoms with Crippen molar-refractivity contribution in [2.75, 3.05) is 13.2 Å². The largest absolute Gasteiger partial charge is 0.378 e. The van der Waals surface area contributed by atoms with Crippen LogP contribution >= 0.6 is 11.3 Å². The summed E-state index contributed by atoms with van der Waals surface area (Å²) in [6.45, 7) is 1.99. The van der Waals surface area contributed by atoms with E-state index in [1.807, 2.05) is 35.3 Å². The molecule has 1 fully saturated rings. The lowest BCUT2D eigenvalue weighted by atomic mass is 10.2. The second kappa shape index (κ2) is 8.47. The summed E-state index contributed by atoms with van der Waals surface area (Å²) >= 11 is 1.48. The molecule has 0 aliphatic carbocycles. The molecule has 1 aromatic carbocycles. The Balaban J connectivity index is 0.00000225. The van der Waals surface area contributed by atoms with E-state index in [1.54, 1.807) is 6.20 Å². The van der Waals surface area contributed by atoms with Crippen molar-refractivity contribution in [3.05, 3.63) is 47.2 Å². The molecule has 1 amide bonds. The SMILES string of the molecule is O=C(NCc1nnc(-c2ccccc2)s1)C1=CN(CCC2CCCO2)NN1.[HH]. The van der Waals surface area contributed by atoms with Crippen molar-refractivity contribution in [3.63, 3.8) is 0 Å². The Bertz CT molecular complexity index is 809. The van der Waals surface area contributed by atoms with Gasteiger partial charge >= 0.3 is 0 Å². The maximum atomic E-state index is 12.3. The third kappa shape index (κ3) is 4.62. The van der Waals surface area contributed by atoms with E-state index in [-0.39, 0.29) is 7.33 Å². The summed E-state index contributed by atoms with van der Waals surface area (Å²) in [5.74, 6) is -0.182. The first kappa shape index (κ1) is 17.9. The van der Waals surface area contributed by atoms with Crippen LogP contribution in [0.3, 0.4) is 0 Å². The number of amides is 1. The number of ether oxygens (including phenoxy) is 1. The Labute approximate surface area is 163 Å². The molecule has 2 aliphatic rings. The predicted octanol–water partition coefficient (Wildman–Crippen LogP) is 1.80. The summed E-state index contributed by atoms with van der Waals surface area (Å²) in [6, 6.07) is 9.88. The van der Waals surface area contributed by atoms with Gasteiger partial charge in [0, 0.05) is 26.3 Å². The Morgan fingerprint density at radius 1 is 1.37 bits per heavy atom. The Hall–Kier alpha value is -2.49. The molecule has 3 N–H and O–H groups in total. The number of hydrazine groups is 2. The molecular formula is C18H24N6O2S. The molecule has 1 atom stereocenters. The van der Waals surface area contributed by atoms with E-state index >= 15 is 0 Å². The molecule has 1 unspecified atom stereocenters. The summed E-state index contributed by atoms with van der Waals surface area (Å²) in [7, 11) is 0. The molecule has 27 heavy (non-hydrogen) atoms. The van der Waals surface area contributed by atoms with Crippen LogP contribution in [0, 0.1) is 0 Å². The summed E-state index contributed by atoms with van der Waals surface area (Å²) in [5.41, 5.74) is 7.39. The van der Waals surface area contributed by atoms with Gasteiger partial charge < -0.3 is 10.1 Å². The third-order valence-corrected chi connectivity index (χ3v) is 5.44. The van der Waals surface area contributed by atoms with Crippen LogP contribution in [0.2, 0.25) is 0 Å². The maximum absolute atomic E-state index is 12.3. The third-order valence-electron chi connectivity index (χ3n) is 4.47. The summed E-state index contributed by atoms with van der Waals surface area (Å²) in [4.78, 5) is 12.3. The molecule has 2 aliphatic heterocycles. The van der Waals surface area contributed by atoms with Crippen molar-refractivity contribution in [2.24, 2.45) is 0 Å². The Morgan fingerprint density at radius 3 is 3.07 bits per heavy atom. The van der Waals surface area contributed by atoms with Gasteiger partial charge in [-0.2, -0.15) is 0 Å². The minimum atomic E-state index is -0.182. The van der Waals surface area contributed by atoms with Gasteiger partial charge in [0.15, 0.2) is 0 Å². The molecule has 0 spiro atoms. The van der Waals surface area contributed by atoms with Crippen molar-refractivity contribution >= 4 is 17.2 Å². The first-order chi connectivity index (χ1) is 13.3. The van der Waals surface area contributed by atoms with Crippen LogP contribution in [0.25, 0.3) is 10.6 Å². The minimum Gasteiger partial charge on any atom is -0.378 e. The fourth-order valence-corrected chi connectivity index (χ4v) is 3.80. The molecule has 2 aromatic rings. The molecule has 4 rings (SSSR count). The molecule has 8 nitrogen and oxygen atoms in total. The molecule has 3 heterocycles. The summed E-state index contributed by atoms with van der Waals surface area (Å²) in [6.07, 6.45) is 5.30. The molecule has 144 valence electrons. The second-order valence-electron chi connectivity index (χ2n) is 6.45. The highest BCUT2D eigenvalue weighted by Gasteiger charge is 2.20. The molecule has 1 saturated heterocycles. The average Bonchev–Trinajstić information content (AvgIpc) is 3.47. The monoisotopic (exact) mass is 388 g/mol. The number of aromatic nitrogens is 2. The lowest BCUT2D eigenvalue weighted by molar-refractivity contribution is -0.118. The van der Waals surface area contributed by atoms with Crippen LogP contribution in [0.1, 0.15) is 25.7 Å². The van der Waals surface area contributed by atoms with E-state index < -0.39 is 0 Å². The number of rotatable bonds is 7. The maximum Gasteiger partial charge on any atom is 0.270 e. The fourth-order valence-electron chi connectivity index (χ4n) is 3.02. The first-order valence-electron chi connectivity index (χ1n) is 9.05. The highest BCUT2D eigenvalue weighted by Crippen LogP contribution is 2.22. The number of hydrogen-bond acceptors (Lipinski definition) is 8. The number of hydrogen-bond donors (Lipinski definition) is 3. The van der Waals surface area contributed by atoms with Crippen LogP contribution in [-0.2, 0) is 16.1 Å². The highest BCUT2D eigenvalue weighted by atomic mass is 32.1. The number of nitrogens with one attached hydrogen (secondary N) is 3. The number of carbonyl (C=O) groups excluding carboxylic acids is 1. The Morgan fingerprint density at radius 2 is 2.26 bits per heavy atom. The first-order valence-corrected chi connectivity index (χ1v) is 9.87. The van der Waals surface area contributed by atoms with Gasteiger partial charge in [-0.15, -0.1) is 15.7 Å². The van der Waals surface area contributed by atoms with Gasteiger partial charge in [-0.25, -0.2) is 0 Å². The standard InChI is InChI=1S/C18H22N6O2S.H2/c25-17(15-12-24(23-20-15)9-8-14-7-4-10-26-14)19-11-16-21-22-18(27-16)13-5-2-1-3-6-13;/h1-3,5-6,12,14,20,23H,4,7-11H2,(H,19,25);1H. The van der Waals surface area contributed by atoms with Crippen molar-refractivity contribution in [1.29, 1.82) is 0 Å². The van der Waals surface area contributed by atoms with Gasteiger partial charge in [0.1, 0.15) is 15.7 Å². The topological polar surface area (TPSA) is 91.4 Å². The van der Waals surface area contributed by atoms with E-state index in [0.29, 0.717) is 18.3 Å². The van der Waals surface area contributed by atoms with Gasteiger partial charge in [0.2, 0.25) is 0 Å². The van der Waals surface area contributed by atoms with Crippen molar-refractivity contribution in [2.45, 2.75) is 31.9 Å². The van der Waals surface area contributed by atoms with Crippen LogP contribution in [0.15, 0.2) is 42.2 Å². The van der Waals surface area contributed by atoms with Crippen molar-refractivity contribution < 1.29 is 11.0 Å². The molecule has 1 aromatic heterocycles. The Kier molecular flexibility index (Phi) is 5.61. The van der Waals surface area contributed by atoms with E-state index in [2.05, 4.69) is 26.5 Å². The van der Waals surface area contributed by atoms with Crippen LogP contribution in [0.4, 0.5) is 0 Å².